The van der Waals surface area contributed by atoms with Crippen LogP contribution >= 0.6 is 0 Å². The molecule has 0 unspecified atom stereocenters. The highest BCUT2D eigenvalue weighted by Crippen LogP contribution is 2.28. The van der Waals surface area contributed by atoms with Crippen LogP contribution in [0.25, 0.3) is 11.8 Å². The molecule has 0 atom stereocenters. The summed E-state index contributed by atoms with van der Waals surface area (Å²) >= 11 is 0. The van der Waals surface area contributed by atoms with E-state index in [1.807, 2.05) is 19.9 Å². The second-order valence-electron chi connectivity index (χ2n) is 8.75. The first-order valence-corrected chi connectivity index (χ1v) is 11.8. The largest absolute Gasteiger partial charge is 0.497 e. The zero-order chi connectivity index (χ0) is 26.0. The van der Waals surface area contributed by atoms with Gasteiger partial charge in [-0.2, -0.15) is 0 Å². The molecule has 2 N–H and O–H groups in total. The number of hydrogen-bond donors (Lipinski definition) is 2. The number of para-hydroxylation sites is 1. The number of aromatic nitrogens is 1. The van der Waals surface area contributed by atoms with E-state index in [2.05, 4.69) is 47.2 Å². The van der Waals surface area contributed by atoms with Crippen LogP contribution in [0.2, 0.25) is 0 Å². The van der Waals surface area contributed by atoms with Gasteiger partial charge in [0, 0.05) is 17.1 Å². The molecule has 1 fully saturated rings. The van der Waals surface area contributed by atoms with Crippen LogP contribution in [0.5, 0.6) is 5.75 Å². The summed E-state index contributed by atoms with van der Waals surface area (Å²) in [4.78, 5) is 38.9. The van der Waals surface area contributed by atoms with Gasteiger partial charge in [-0.3, -0.25) is 9.59 Å². The van der Waals surface area contributed by atoms with Gasteiger partial charge in [0.25, 0.3) is 5.91 Å². The normalized spacial score (nSPS) is 14.4. The first kappa shape index (κ1) is 24.8. The van der Waals surface area contributed by atoms with Gasteiger partial charge in [0.05, 0.1) is 12.8 Å². The summed E-state index contributed by atoms with van der Waals surface area (Å²) in [6.07, 6.45) is 2.57. The minimum Gasteiger partial charge on any atom is -0.497 e. The Balaban J connectivity index is 1.55. The Bertz CT molecular complexity index is 1370. The van der Waals surface area contributed by atoms with Crippen molar-refractivity contribution >= 4 is 29.6 Å². The van der Waals surface area contributed by atoms with Crippen molar-refractivity contribution in [3.63, 3.8) is 0 Å². The zero-order valence-electron chi connectivity index (χ0n) is 21.1. The molecule has 4 amide bonds. The molecule has 1 aromatic heterocycles. The molecule has 0 radical (unpaired) electrons. The molecular weight excluding hydrogens is 456 g/mol. The number of rotatable bonds is 7. The van der Waals surface area contributed by atoms with E-state index in [-0.39, 0.29) is 5.70 Å². The van der Waals surface area contributed by atoms with E-state index in [0.717, 1.165) is 39.5 Å². The lowest BCUT2D eigenvalue weighted by Gasteiger charge is -2.17. The fourth-order valence-electron chi connectivity index (χ4n) is 4.49. The summed E-state index contributed by atoms with van der Waals surface area (Å²) in [5.41, 5.74) is 7.02. The van der Waals surface area contributed by atoms with Gasteiger partial charge >= 0.3 is 6.03 Å². The smallest absolute Gasteiger partial charge is 0.329 e. The summed E-state index contributed by atoms with van der Waals surface area (Å²) < 4.78 is 7.29. The number of nitrogens with zero attached hydrogens (tertiary/aromatic N) is 2. The SMILES string of the molecule is CCc1cccc(C)c1-n1c(C)cc(/C=C2\NC(=O)N(CC(=O)Nc3ccc(OC)cc3)C2=O)c1C. The van der Waals surface area contributed by atoms with E-state index in [9.17, 15) is 14.4 Å². The third-order valence-corrected chi connectivity index (χ3v) is 6.33. The number of carbonyl (C=O) groups is 3. The summed E-state index contributed by atoms with van der Waals surface area (Å²) in [6, 6.07) is 14.4. The molecule has 1 aliphatic rings. The van der Waals surface area contributed by atoms with Crippen molar-refractivity contribution in [3.8, 4) is 11.4 Å². The maximum atomic E-state index is 13.0. The highest BCUT2D eigenvalue weighted by Gasteiger charge is 2.35. The summed E-state index contributed by atoms with van der Waals surface area (Å²) in [5, 5.41) is 5.30. The number of carbonyl (C=O) groups excluding carboxylic acids is 3. The predicted molar refractivity (Wildman–Crippen MR) is 139 cm³/mol. The average Bonchev–Trinajstić information content (AvgIpc) is 3.28. The van der Waals surface area contributed by atoms with Crippen LogP contribution in [0.3, 0.4) is 0 Å². The summed E-state index contributed by atoms with van der Waals surface area (Å²) in [7, 11) is 1.55. The molecule has 0 bridgehead atoms. The molecule has 0 spiro atoms. The van der Waals surface area contributed by atoms with Gasteiger partial charge in [-0.1, -0.05) is 25.1 Å². The number of ether oxygens (including phenoxy) is 1. The van der Waals surface area contributed by atoms with Gasteiger partial charge in [0.1, 0.15) is 18.0 Å². The van der Waals surface area contributed by atoms with Crippen LogP contribution in [-0.4, -0.2) is 41.0 Å². The van der Waals surface area contributed by atoms with Gasteiger partial charge in [0.15, 0.2) is 0 Å². The Morgan fingerprint density at radius 2 is 1.81 bits per heavy atom. The predicted octanol–water partition coefficient (Wildman–Crippen LogP) is 4.50. The number of nitrogens with one attached hydrogen (secondary N) is 2. The Labute approximate surface area is 210 Å². The van der Waals surface area contributed by atoms with E-state index in [0.29, 0.717) is 11.4 Å². The molecule has 0 aliphatic carbocycles. The molecule has 3 aromatic rings. The van der Waals surface area contributed by atoms with Gasteiger partial charge in [0.2, 0.25) is 5.91 Å². The number of benzene rings is 2. The topological polar surface area (TPSA) is 92.7 Å². The number of anilines is 1. The van der Waals surface area contributed by atoms with Crippen LogP contribution in [0, 0.1) is 20.8 Å². The van der Waals surface area contributed by atoms with Crippen molar-refractivity contribution in [3.05, 3.63) is 82.3 Å². The zero-order valence-corrected chi connectivity index (χ0v) is 21.1. The number of methoxy groups -OCH3 is 1. The number of urea groups is 1. The lowest BCUT2D eigenvalue weighted by molar-refractivity contribution is -0.127. The Morgan fingerprint density at radius 1 is 1.08 bits per heavy atom. The molecule has 36 heavy (non-hydrogen) atoms. The number of imide groups is 1. The summed E-state index contributed by atoms with van der Waals surface area (Å²) in [5.74, 6) is -0.362. The molecule has 2 aromatic carbocycles. The minimum absolute atomic E-state index is 0.137. The Kier molecular flexibility index (Phi) is 6.96. The molecule has 186 valence electrons. The Hall–Kier alpha value is -4.33. The molecule has 1 saturated heterocycles. The standard InChI is InChI=1S/C28H30N4O4/c1-6-20-9-7-8-17(2)26(20)32-18(3)14-21(19(32)4)15-24-27(34)31(28(35)30-24)16-25(33)29-22-10-12-23(36-5)13-11-22/h7-15H,6,16H2,1-5H3,(H,29,33)(H,30,35)/b24-15-. The monoisotopic (exact) mass is 486 g/mol. The third-order valence-electron chi connectivity index (χ3n) is 6.33. The van der Waals surface area contributed by atoms with Crippen LogP contribution < -0.4 is 15.4 Å². The molecule has 4 rings (SSSR count). The first-order chi connectivity index (χ1) is 17.2. The molecule has 1 aliphatic heterocycles. The van der Waals surface area contributed by atoms with E-state index in [4.69, 9.17) is 4.74 Å². The van der Waals surface area contributed by atoms with Crippen molar-refractivity contribution < 1.29 is 19.1 Å². The maximum absolute atomic E-state index is 13.0. The maximum Gasteiger partial charge on any atom is 0.329 e. The van der Waals surface area contributed by atoms with E-state index in [1.165, 1.54) is 5.56 Å². The second-order valence-corrected chi connectivity index (χ2v) is 8.75. The van der Waals surface area contributed by atoms with Gasteiger partial charge in [-0.25, -0.2) is 9.69 Å². The summed E-state index contributed by atoms with van der Waals surface area (Å²) in [6.45, 7) is 7.83. The van der Waals surface area contributed by atoms with E-state index in [1.54, 1.807) is 37.5 Å². The van der Waals surface area contributed by atoms with Crippen molar-refractivity contribution in [1.29, 1.82) is 0 Å². The highest BCUT2D eigenvalue weighted by atomic mass is 16.5. The number of amides is 4. The second kappa shape index (κ2) is 10.1. The van der Waals surface area contributed by atoms with Crippen molar-refractivity contribution in [2.45, 2.75) is 34.1 Å². The van der Waals surface area contributed by atoms with Crippen LogP contribution in [0.15, 0.2) is 54.2 Å². The van der Waals surface area contributed by atoms with Crippen molar-refractivity contribution in [1.82, 2.24) is 14.8 Å². The minimum atomic E-state index is -0.628. The van der Waals surface area contributed by atoms with Crippen LogP contribution in [0.4, 0.5) is 10.5 Å². The lowest BCUT2D eigenvalue weighted by Crippen LogP contribution is -2.38. The van der Waals surface area contributed by atoms with Crippen LogP contribution in [0.1, 0.15) is 35.0 Å². The van der Waals surface area contributed by atoms with Gasteiger partial charge in [-0.05, 0) is 80.3 Å². The van der Waals surface area contributed by atoms with Crippen molar-refractivity contribution in [2.24, 2.45) is 0 Å². The average molecular weight is 487 g/mol. The third kappa shape index (κ3) is 4.75. The van der Waals surface area contributed by atoms with Gasteiger partial charge in [-0.15, -0.1) is 0 Å². The molecule has 0 saturated carbocycles. The quantitative estimate of drug-likeness (QED) is 0.380. The van der Waals surface area contributed by atoms with Crippen molar-refractivity contribution in [2.75, 3.05) is 19.0 Å². The number of aryl methyl sites for hydroxylation is 3. The van der Waals surface area contributed by atoms with E-state index < -0.39 is 24.4 Å². The fraction of sp³-hybridized carbons (Fsp3) is 0.250. The highest BCUT2D eigenvalue weighted by molar-refractivity contribution is 6.16. The number of hydrogen-bond acceptors (Lipinski definition) is 4. The lowest BCUT2D eigenvalue weighted by atomic mass is 10.1. The van der Waals surface area contributed by atoms with Crippen LogP contribution in [-0.2, 0) is 16.0 Å². The molecule has 2 heterocycles. The molecular formula is C28H30N4O4. The van der Waals surface area contributed by atoms with Gasteiger partial charge < -0.3 is 19.9 Å². The first-order valence-electron chi connectivity index (χ1n) is 11.8. The molecule has 8 heteroatoms. The van der Waals surface area contributed by atoms with E-state index >= 15 is 0 Å². The molecule has 8 nitrogen and oxygen atoms in total. The fourth-order valence-corrected chi connectivity index (χ4v) is 4.49. The Morgan fingerprint density at radius 3 is 2.47 bits per heavy atom.